The van der Waals surface area contributed by atoms with Crippen LogP contribution in [0.5, 0.6) is 11.5 Å². The number of esters is 2. The molecule has 8 nitrogen and oxygen atoms in total. The molecule has 1 N–H and O–H groups in total. The van der Waals surface area contributed by atoms with Gasteiger partial charge in [-0.15, -0.1) is 0 Å². The third kappa shape index (κ3) is 4.26. The molecule has 8 heteroatoms. The zero-order valence-corrected chi connectivity index (χ0v) is 17.6. The number of aromatic amines is 1. The molecular formula is C21H25NO7. The Bertz CT molecular complexity index is 933. The van der Waals surface area contributed by atoms with Crippen molar-refractivity contribution in [1.29, 1.82) is 0 Å². The average molecular weight is 403 g/mol. The first-order valence-electron chi connectivity index (χ1n) is 8.91. The minimum absolute atomic E-state index is 0.193. The molecule has 0 saturated heterocycles. The van der Waals surface area contributed by atoms with Crippen LogP contribution in [0.3, 0.4) is 0 Å². The number of Topliss-reactive ketones (excluding diaryl/α,β-unsaturated/α-hetero) is 1. The zero-order chi connectivity index (χ0) is 21.9. The van der Waals surface area contributed by atoms with Crippen molar-refractivity contribution in [2.24, 2.45) is 0 Å². The van der Waals surface area contributed by atoms with Crippen LogP contribution < -0.4 is 9.47 Å². The molecular weight excluding hydrogens is 378 g/mol. The Kier molecular flexibility index (Phi) is 6.68. The van der Waals surface area contributed by atoms with Crippen LogP contribution in [0.4, 0.5) is 0 Å². The summed E-state index contributed by atoms with van der Waals surface area (Å²) in [6.45, 7) is 6.56. The van der Waals surface area contributed by atoms with Crippen molar-refractivity contribution in [3.8, 4) is 11.5 Å². The Hall–Kier alpha value is -3.29. The number of aryl methyl sites for hydroxylation is 1. The van der Waals surface area contributed by atoms with Gasteiger partial charge in [-0.1, -0.05) is 0 Å². The molecule has 1 aromatic heterocycles. The Morgan fingerprint density at radius 3 is 1.93 bits per heavy atom. The van der Waals surface area contributed by atoms with E-state index < -0.39 is 23.8 Å². The average Bonchev–Trinajstić information content (AvgIpc) is 3.00. The Morgan fingerprint density at radius 2 is 1.45 bits per heavy atom. The van der Waals surface area contributed by atoms with Crippen molar-refractivity contribution < 1.29 is 33.3 Å². The Labute approximate surface area is 169 Å². The zero-order valence-electron chi connectivity index (χ0n) is 17.6. The summed E-state index contributed by atoms with van der Waals surface area (Å²) in [6.07, 6.45) is -1.08. The van der Waals surface area contributed by atoms with E-state index >= 15 is 0 Å². The Balaban J connectivity index is 2.27. The van der Waals surface area contributed by atoms with Crippen LogP contribution >= 0.6 is 0 Å². The van der Waals surface area contributed by atoms with Gasteiger partial charge in [-0.25, -0.2) is 9.59 Å². The van der Waals surface area contributed by atoms with Gasteiger partial charge < -0.3 is 23.9 Å². The summed E-state index contributed by atoms with van der Waals surface area (Å²) in [7, 11) is 4.24. The molecule has 0 aliphatic heterocycles. The van der Waals surface area contributed by atoms with Crippen LogP contribution in [0.1, 0.15) is 54.9 Å². The molecule has 1 unspecified atom stereocenters. The molecule has 1 aromatic carbocycles. The van der Waals surface area contributed by atoms with E-state index in [1.807, 2.05) is 0 Å². The van der Waals surface area contributed by atoms with Gasteiger partial charge in [-0.3, -0.25) is 4.79 Å². The first-order valence-corrected chi connectivity index (χ1v) is 8.91. The Morgan fingerprint density at radius 1 is 0.897 bits per heavy atom. The van der Waals surface area contributed by atoms with Crippen molar-refractivity contribution in [1.82, 2.24) is 4.98 Å². The minimum atomic E-state index is -1.08. The minimum Gasteiger partial charge on any atom is -0.496 e. The van der Waals surface area contributed by atoms with E-state index in [2.05, 4.69) is 4.98 Å². The number of H-pyrrole nitrogens is 1. The predicted octanol–water partition coefficient (Wildman–Crippen LogP) is 3.17. The summed E-state index contributed by atoms with van der Waals surface area (Å²) in [4.78, 5) is 40.2. The van der Waals surface area contributed by atoms with E-state index in [-0.39, 0.29) is 11.3 Å². The first kappa shape index (κ1) is 22.0. The number of nitrogens with one attached hydrogen (secondary N) is 1. The lowest BCUT2D eigenvalue weighted by atomic mass is 10.1. The molecule has 2 aromatic rings. The maximum atomic E-state index is 12.8. The highest BCUT2D eigenvalue weighted by Gasteiger charge is 2.28. The second kappa shape index (κ2) is 8.81. The van der Waals surface area contributed by atoms with E-state index in [1.165, 1.54) is 40.4 Å². The van der Waals surface area contributed by atoms with Crippen molar-refractivity contribution in [3.63, 3.8) is 0 Å². The number of carbonyl (C=O) groups excluding carboxylic acids is 3. The SMILES string of the molecule is COC(=O)c1c(C)[nH]c(C(=O)C(C)OC(=O)c2cc(OC)c(C)c(OC)c2)c1C. The second-order valence-corrected chi connectivity index (χ2v) is 6.53. The first-order chi connectivity index (χ1) is 13.7. The third-order valence-electron chi connectivity index (χ3n) is 4.71. The highest BCUT2D eigenvalue weighted by Crippen LogP contribution is 2.30. The number of ketones is 1. The predicted molar refractivity (Wildman–Crippen MR) is 105 cm³/mol. The third-order valence-corrected chi connectivity index (χ3v) is 4.71. The number of carbonyl (C=O) groups is 3. The number of aromatic nitrogens is 1. The normalized spacial score (nSPS) is 11.6. The van der Waals surface area contributed by atoms with Gasteiger partial charge in [-0.2, -0.15) is 0 Å². The maximum Gasteiger partial charge on any atom is 0.339 e. The topological polar surface area (TPSA) is 104 Å². The molecule has 0 aliphatic rings. The number of benzene rings is 1. The fourth-order valence-corrected chi connectivity index (χ4v) is 3.09. The fourth-order valence-electron chi connectivity index (χ4n) is 3.09. The number of methoxy groups -OCH3 is 3. The van der Waals surface area contributed by atoms with Gasteiger partial charge in [-0.05, 0) is 45.4 Å². The smallest absolute Gasteiger partial charge is 0.339 e. The van der Waals surface area contributed by atoms with Crippen LogP contribution in [0, 0.1) is 20.8 Å². The molecule has 0 radical (unpaired) electrons. The van der Waals surface area contributed by atoms with Gasteiger partial charge in [0.1, 0.15) is 11.5 Å². The number of hydrogen-bond donors (Lipinski definition) is 1. The highest BCUT2D eigenvalue weighted by molar-refractivity contribution is 6.04. The van der Waals surface area contributed by atoms with Crippen molar-refractivity contribution in [3.05, 3.63) is 45.8 Å². The lowest BCUT2D eigenvalue weighted by Crippen LogP contribution is -2.25. The summed E-state index contributed by atoms with van der Waals surface area (Å²) in [5.41, 5.74) is 2.37. The number of rotatable bonds is 7. The van der Waals surface area contributed by atoms with Crippen molar-refractivity contribution in [2.75, 3.05) is 21.3 Å². The van der Waals surface area contributed by atoms with Gasteiger partial charge in [0.05, 0.1) is 38.2 Å². The van der Waals surface area contributed by atoms with Gasteiger partial charge in [0, 0.05) is 11.3 Å². The summed E-state index contributed by atoms with van der Waals surface area (Å²) in [5, 5.41) is 0. The van der Waals surface area contributed by atoms with Crippen LogP contribution in [-0.2, 0) is 9.47 Å². The molecule has 29 heavy (non-hydrogen) atoms. The van der Waals surface area contributed by atoms with E-state index in [4.69, 9.17) is 18.9 Å². The van der Waals surface area contributed by atoms with Crippen molar-refractivity contribution in [2.45, 2.75) is 33.8 Å². The summed E-state index contributed by atoms with van der Waals surface area (Å²) in [5.74, 6) is -0.766. The maximum absolute atomic E-state index is 12.8. The van der Waals surface area contributed by atoms with E-state index in [1.54, 1.807) is 20.8 Å². The molecule has 0 bridgehead atoms. The number of ether oxygens (including phenoxy) is 4. The van der Waals surface area contributed by atoms with E-state index in [0.717, 1.165) is 5.56 Å². The van der Waals surface area contributed by atoms with Gasteiger partial charge >= 0.3 is 11.9 Å². The van der Waals surface area contributed by atoms with Crippen LogP contribution in [0.2, 0.25) is 0 Å². The quantitative estimate of drug-likeness (QED) is 0.559. The van der Waals surface area contributed by atoms with Gasteiger partial charge in [0.25, 0.3) is 0 Å². The van der Waals surface area contributed by atoms with Gasteiger partial charge in [0.2, 0.25) is 5.78 Å². The molecule has 1 atom stereocenters. The highest BCUT2D eigenvalue weighted by atomic mass is 16.5. The van der Waals surface area contributed by atoms with Crippen LogP contribution in [0.25, 0.3) is 0 Å². The molecule has 0 spiro atoms. The lowest BCUT2D eigenvalue weighted by Gasteiger charge is -2.15. The molecule has 0 amide bonds. The van der Waals surface area contributed by atoms with Crippen molar-refractivity contribution >= 4 is 17.7 Å². The van der Waals surface area contributed by atoms with E-state index in [0.29, 0.717) is 28.3 Å². The second-order valence-electron chi connectivity index (χ2n) is 6.53. The summed E-state index contributed by atoms with van der Waals surface area (Å²) in [6, 6.07) is 3.05. The van der Waals surface area contributed by atoms with Crippen LogP contribution in [0.15, 0.2) is 12.1 Å². The van der Waals surface area contributed by atoms with E-state index in [9.17, 15) is 14.4 Å². The van der Waals surface area contributed by atoms with Crippen LogP contribution in [-0.4, -0.2) is 50.1 Å². The lowest BCUT2D eigenvalue weighted by molar-refractivity contribution is 0.0316. The summed E-state index contributed by atoms with van der Waals surface area (Å²) < 4.78 is 20.6. The fraction of sp³-hybridized carbons (Fsp3) is 0.381. The molecule has 2 rings (SSSR count). The molecule has 0 saturated carbocycles. The monoisotopic (exact) mass is 403 g/mol. The molecule has 156 valence electrons. The molecule has 0 fully saturated rings. The molecule has 0 aliphatic carbocycles. The standard InChI is InChI=1S/C21H25NO7/c1-10-15(26-5)8-14(9-16(10)27-6)20(24)29-13(4)19(23)18-11(2)17(12(3)22-18)21(25)28-7/h8-9,13,22H,1-7H3. The largest absolute Gasteiger partial charge is 0.496 e. The molecule has 1 heterocycles. The summed E-state index contributed by atoms with van der Waals surface area (Å²) >= 11 is 0. The van der Waals surface area contributed by atoms with Gasteiger partial charge in [0.15, 0.2) is 6.10 Å². The number of hydrogen-bond acceptors (Lipinski definition) is 7.